The van der Waals surface area contributed by atoms with Crippen LogP contribution in [0.4, 0.5) is 0 Å². The lowest BCUT2D eigenvalue weighted by Gasteiger charge is -1.94. The third kappa shape index (κ3) is 2.85. The first-order valence-corrected chi connectivity index (χ1v) is 3.39. The van der Waals surface area contributed by atoms with Crippen molar-refractivity contribution in [1.82, 2.24) is 0 Å². The molecule has 0 aliphatic carbocycles. The summed E-state index contributed by atoms with van der Waals surface area (Å²) in [5.74, 6) is -0.797. The number of carbonyl (C=O) groups is 1. The van der Waals surface area contributed by atoms with E-state index in [2.05, 4.69) is 0 Å². The molecule has 57 valence electrons. The van der Waals surface area contributed by atoms with Gasteiger partial charge in [-0.2, -0.15) is 0 Å². The Morgan fingerprint density at radius 1 is 1.36 bits per heavy atom. The number of rotatable bonds is 3. The van der Waals surface area contributed by atoms with Crippen LogP contribution in [0.25, 0.3) is 0 Å². The Balaban J connectivity index is 2.45. The molecule has 0 aromatic heterocycles. The van der Waals surface area contributed by atoms with E-state index in [1.165, 1.54) is 0 Å². The molecule has 1 radical (unpaired) electrons. The molecule has 1 rings (SSSR count). The van der Waals surface area contributed by atoms with Crippen LogP contribution in [0.5, 0.6) is 0 Å². The van der Waals surface area contributed by atoms with E-state index in [0.717, 1.165) is 5.56 Å². The highest BCUT2D eigenvalue weighted by Crippen LogP contribution is 2.03. The summed E-state index contributed by atoms with van der Waals surface area (Å²) in [5.41, 5.74) is 0.954. The van der Waals surface area contributed by atoms with Gasteiger partial charge in [0.25, 0.3) is 0 Å². The second-order valence-corrected chi connectivity index (χ2v) is 2.21. The van der Waals surface area contributed by atoms with Gasteiger partial charge < -0.3 is 5.11 Å². The van der Waals surface area contributed by atoms with E-state index in [4.69, 9.17) is 5.11 Å². The van der Waals surface area contributed by atoms with E-state index in [1.54, 1.807) is 6.42 Å². The summed E-state index contributed by atoms with van der Waals surface area (Å²) in [6, 6.07) is 9.42. The lowest BCUT2D eigenvalue weighted by atomic mass is 10.1. The molecule has 0 fully saturated rings. The van der Waals surface area contributed by atoms with Crippen LogP contribution in [-0.4, -0.2) is 11.1 Å². The minimum atomic E-state index is -0.797. The smallest absolute Gasteiger partial charge is 0.303 e. The number of carboxylic acid groups (broad SMARTS) is 1. The molecule has 1 aromatic rings. The first kappa shape index (κ1) is 7.79. The summed E-state index contributed by atoms with van der Waals surface area (Å²) in [6.07, 6.45) is 1.77. The van der Waals surface area contributed by atoms with Crippen molar-refractivity contribution in [2.75, 3.05) is 0 Å². The van der Waals surface area contributed by atoms with E-state index in [1.807, 2.05) is 30.3 Å². The molecule has 0 unspecified atom stereocenters. The van der Waals surface area contributed by atoms with Gasteiger partial charge in [-0.05, 0) is 5.56 Å². The Hall–Kier alpha value is -1.31. The summed E-state index contributed by atoms with van der Waals surface area (Å²) in [7, 11) is 0. The first-order chi connectivity index (χ1) is 5.29. The summed E-state index contributed by atoms with van der Waals surface area (Å²) in [5, 5.41) is 8.34. The van der Waals surface area contributed by atoms with Gasteiger partial charge in [-0.25, -0.2) is 0 Å². The molecule has 0 bridgehead atoms. The van der Waals surface area contributed by atoms with Crippen molar-refractivity contribution in [2.24, 2.45) is 0 Å². The van der Waals surface area contributed by atoms with Gasteiger partial charge in [-0.15, -0.1) is 0 Å². The third-order valence-corrected chi connectivity index (χ3v) is 1.31. The van der Waals surface area contributed by atoms with E-state index >= 15 is 0 Å². The van der Waals surface area contributed by atoms with Crippen LogP contribution in [0.3, 0.4) is 0 Å². The van der Waals surface area contributed by atoms with E-state index in [9.17, 15) is 4.79 Å². The van der Waals surface area contributed by atoms with E-state index in [-0.39, 0.29) is 6.42 Å². The highest BCUT2D eigenvalue weighted by atomic mass is 16.4. The Labute approximate surface area is 65.5 Å². The average Bonchev–Trinajstić information content (AvgIpc) is 2.03. The normalized spacial score (nSPS) is 9.45. The van der Waals surface area contributed by atoms with Gasteiger partial charge in [0.1, 0.15) is 0 Å². The lowest BCUT2D eigenvalue weighted by Crippen LogP contribution is -1.94. The Kier molecular flexibility index (Phi) is 2.66. The van der Waals surface area contributed by atoms with Gasteiger partial charge in [0.2, 0.25) is 0 Å². The molecular weight excluding hydrogens is 140 g/mol. The molecular formula is C9H9O2. The van der Waals surface area contributed by atoms with Gasteiger partial charge in [0.15, 0.2) is 0 Å². The fourth-order valence-corrected chi connectivity index (χ4v) is 0.794. The number of carboxylic acids is 1. The highest BCUT2D eigenvalue weighted by molar-refractivity contribution is 5.68. The number of hydrogen-bond acceptors (Lipinski definition) is 1. The Bertz CT molecular complexity index is 229. The molecule has 1 aromatic carbocycles. The third-order valence-electron chi connectivity index (χ3n) is 1.31. The summed E-state index contributed by atoms with van der Waals surface area (Å²) in [6.45, 7) is 0. The van der Waals surface area contributed by atoms with Gasteiger partial charge in [0, 0.05) is 6.42 Å². The summed E-state index contributed by atoms with van der Waals surface area (Å²) in [4.78, 5) is 10.1. The fraction of sp³-hybridized carbons (Fsp3) is 0.111. The highest BCUT2D eigenvalue weighted by Gasteiger charge is 1.97. The predicted octanol–water partition coefficient (Wildman–Crippen LogP) is 1.71. The van der Waals surface area contributed by atoms with Crippen molar-refractivity contribution in [3.8, 4) is 0 Å². The molecule has 0 saturated heterocycles. The lowest BCUT2D eigenvalue weighted by molar-refractivity contribution is -0.136. The van der Waals surface area contributed by atoms with E-state index in [0.29, 0.717) is 0 Å². The Morgan fingerprint density at radius 2 is 2.00 bits per heavy atom. The first-order valence-electron chi connectivity index (χ1n) is 3.39. The minimum absolute atomic E-state index is 0.0873. The van der Waals surface area contributed by atoms with Crippen molar-refractivity contribution in [3.63, 3.8) is 0 Å². The molecule has 0 atom stereocenters. The maximum atomic E-state index is 10.1. The molecule has 2 nitrogen and oxygen atoms in total. The topological polar surface area (TPSA) is 37.3 Å². The summed E-state index contributed by atoms with van der Waals surface area (Å²) >= 11 is 0. The molecule has 0 aliphatic heterocycles. The number of benzene rings is 1. The monoisotopic (exact) mass is 149 g/mol. The predicted molar refractivity (Wildman–Crippen MR) is 42.1 cm³/mol. The van der Waals surface area contributed by atoms with Crippen molar-refractivity contribution in [1.29, 1.82) is 0 Å². The summed E-state index contributed by atoms with van der Waals surface area (Å²) < 4.78 is 0. The van der Waals surface area contributed by atoms with Crippen LogP contribution in [0.15, 0.2) is 30.3 Å². The van der Waals surface area contributed by atoms with Crippen molar-refractivity contribution in [3.05, 3.63) is 42.3 Å². The van der Waals surface area contributed by atoms with Gasteiger partial charge >= 0.3 is 5.97 Å². The quantitative estimate of drug-likeness (QED) is 0.710. The Morgan fingerprint density at radius 3 is 2.55 bits per heavy atom. The number of aliphatic carboxylic acids is 1. The average molecular weight is 149 g/mol. The van der Waals surface area contributed by atoms with Crippen LogP contribution in [0.1, 0.15) is 12.0 Å². The van der Waals surface area contributed by atoms with Crippen LogP contribution < -0.4 is 0 Å². The molecule has 0 spiro atoms. The van der Waals surface area contributed by atoms with Crippen LogP contribution in [-0.2, 0) is 4.79 Å². The second-order valence-electron chi connectivity index (χ2n) is 2.21. The molecule has 0 aliphatic rings. The molecule has 0 saturated carbocycles. The molecule has 1 N–H and O–H groups in total. The zero-order chi connectivity index (χ0) is 8.10. The maximum Gasteiger partial charge on any atom is 0.303 e. The molecule has 0 amide bonds. The minimum Gasteiger partial charge on any atom is -0.481 e. The molecule has 2 heteroatoms. The SMILES string of the molecule is O=C(O)C[CH]c1ccccc1. The van der Waals surface area contributed by atoms with Gasteiger partial charge in [-0.3, -0.25) is 4.79 Å². The van der Waals surface area contributed by atoms with Crippen molar-refractivity contribution < 1.29 is 9.90 Å². The number of hydrogen-bond donors (Lipinski definition) is 1. The zero-order valence-electron chi connectivity index (χ0n) is 6.03. The van der Waals surface area contributed by atoms with Crippen LogP contribution in [0, 0.1) is 6.42 Å². The largest absolute Gasteiger partial charge is 0.481 e. The maximum absolute atomic E-state index is 10.1. The van der Waals surface area contributed by atoms with Gasteiger partial charge in [0.05, 0.1) is 6.42 Å². The van der Waals surface area contributed by atoms with Gasteiger partial charge in [-0.1, -0.05) is 30.3 Å². The van der Waals surface area contributed by atoms with Crippen LogP contribution >= 0.6 is 0 Å². The molecule has 11 heavy (non-hydrogen) atoms. The fourth-order valence-electron chi connectivity index (χ4n) is 0.794. The second kappa shape index (κ2) is 3.76. The van der Waals surface area contributed by atoms with E-state index < -0.39 is 5.97 Å². The zero-order valence-corrected chi connectivity index (χ0v) is 6.03. The van der Waals surface area contributed by atoms with Crippen molar-refractivity contribution in [2.45, 2.75) is 6.42 Å². The molecule has 0 heterocycles. The standard InChI is InChI=1S/C9H9O2/c10-9(11)7-6-8-4-2-1-3-5-8/h1-6H,7H2,(H,10,11). The van der Waals surface area contributed by atoms with Crippen LogP contribution in [0.2, 0.25) is 0 Å². The van der Waals surface area contributed by atoms with Crippen molar-refractivity contribution >= 4 is 5.97 Å².